The van der Waals surface area contributed by atoms with Gasteiger partial charge in [0.1, 0.15) is 18.1 Å². The Balaban J connectivity index is 1.26. The monoisotopic (exact) mass is 465 g/mol. The number of anilines is 1. The fourth-order valence-corrected chi connectivity index (χ4v) is 4.31. The van der Waals surface area contributed by atoms with Crippen molar-refractivity contribution in [1.82, 2.24) is 4.98 Å². The Labute approximate surface area is 202 Å². The number of nitrogens with one attached hydrogen (secondary N) is 1. The average Bonchev–Trinajstić information content (AvgIpc) is 3.37. The molecule has 168 valence electrons. The summed E-state index contributed by atoms with van der Waals surface area (Å²) in [5.74, 6) is 1.60. The van der Waals surface area contributed by atoms with Crippen molar-refractivity contribution >= 4 is 33.5 Å². The molecule has 0 radical (unpaired) electrons. The summed E-state index contributed by atoms with van der Waals surface area (Å²) in [5, 5.41) is 9.45. The maximum absolute atomic E-state index is 6.07. The Bertz CT molecular complexity index is 1430. The fourth-order valence-electron chi connectivity index (χ4n) is 3.64. The number of benzene rings is 4. The van der Waals surface area contributed by atoms with E-state index in [1.807, 2.05) is 72.1 Å². The standard InChI is InChI=1S/C28H23N3O2S/c1-32-27-14-11-20(17-29-31-28-30-26(19-34-28)22-8-3-2-4-9-22)15-24(27)18-33-25-13-12-21-7-5-6-10-23(21)16-25/h2-17,19H,18H2,1H3,(H,30,31). The Kier molecular flexibility index (Phi) is 6.49. The number of hydrogen-bond donors (Lipinski definition) is 1. The lowest BCUT2D eigenvalue weighted by Crippen LogP contribution is -2.00. The summed E-state index contributed by atoms with van der Waals surface area (Å²) in [7, 11) is 1.66. The van der Waals surface area contributed by atoms with Gasteiger partial charge in [0.2, 0.25) is 5.13 Å². The van der Waals surface area contributed by atoms with Crippen molar-refractivity contribution in [2.24, 2.45) is 5.10 Å². The van der Waals surface area contributed by atoms with Gasteiger partial charge in [0.25, 0.3) is 0 Å². The first-order valence-corrected chi connectivity index (χ1v) is 11.7. The molecule has 4 aromatic carbocycles. The number of ether oxygens (including phenoxy) is 2. The van der Waals surface area contributed by atoms with Gasteiger partial charge in [-0.15, -0.1) is 11.3 Å². The lowest BCUT2D eigenvalue weighted by molar-refractivity contribution is 0.297. The molecule has 5 aromatic rings. The summed E-state index contributed by atoms with van der Waals surface area (Å²) in [5.41, 5.74) is 6.92. The molecule has 0 unspecified atom stereocenters. The minimum absolute atomic E-state index is 0.392. The summed E-state index contributed by atoms with van der Waals surface area (Å²) in [6, 6.07) is 30.3. The quantitative estimate of drug-likeness (QED) is 0.198. The van der Waals surface area contributed by atoms with Gasteiger partial charge in [0.05, 0.1) is 19.0 Å². The fraction of sp³-hybridized carbons (Fsp3) is 0.0714. The zero-order valence-electron chi connectivity index (χ0n) is 18.6. The Morgan fingerprint density at radius 3 is 2.59 bits per heavy atom. The van der Waals surface area contributed by atoms with Crippen LogP contribution < -0.4 is 14.9 Å². The second-order valence-electron chi connectivity index (χ2n) is 7.64. The first-order valence-electron chi connectivity index (χ1n) is 10.9. The van der Waals surface area contributed by atoms with Crippen LogP contribution in [-0.4, -0.2) is 18.3 Å². The molecule has 0 saturated carbocycles. The molecule has 0 bridgehead atoms. The van der Waals surface area contributed by atoms with Crippen LogP contribution in [0.3, 0.4) is 0 Å². The van der Waals surface area contributed by atoms with Crippen LogP contribution in [0.1, 0.15) is 11.1 Å². The number of aromatic nitrogens is 1. The van der Waals surface area contributed by atoms with E-state index in [2.05, 4.69) is 39.8 Å². The molecule has 34 heavy (non-hydrogen) atoms. The van der Waals surface area contributed by atoms with Crippen LogP contribution in [0.4, 0.5) is 5.13 Å². The van der Waals surface area contributed by atoms with Gasteiger partial charge in [0.15, 0.2) is 0 Å². The number of nitrogens with zero attached hydrogens (tertiary/aromatic N) is 2. The minimum Gasteiger partial charge on any atom is -0.496 e. The van der Waals surface area contributed by atoms with Crippen molar-refractivity contribution in [1.29, 1.82) is 0 Å². The van der Waals surface area contributed by atoms with Crippen LogP contribution in [-0.2, 0) is 6.61 Å². The highest BCUT2D eigenvalue weighted by atomic mass is 32.1. The molecule has 0 aliphatic rings. The van der Waals surface area contributed by atoms with E-state index in [0.717, 1.165) is 44.4 Å². The van der Waals surface area contributed by atoms with Crippen LogP contribution >= 0.6 is 11.3 Å². The summed E-state index contributed by atoms with van der Waals surface area (Å²) >= 11 is 1.52. The van der Waals surface area contributed by atoms with E-state index in [1.54, 1.807) is 13.3 Å². The summed E-state index contributed by atoms with van der Waals surface area (Å²) in [6.45, 7) is 0.392. The normalized spacial score (nSPS) is 11.1. The van der Waals surface area contributed by atoms with Crippen LogP contribution in [0.2, 0.25) is 0 Å². The molecule has 5 rings (SSSR count). The maximum atomic E-state index is 6.07. The third kappa shape index (κ3) is 5.08. The van der Waals surface area contributed by atoms with Crippen molar-refractivity contribution in [3.05, 3.63) is 108 Å². The Morgan fingerprint density at radius 2 is 1.74 bits per heavy atom. The second-order valence-corrected chi connectivity index (χ2v) is 8.50. The lowest BCUT2D eigenvalue weighted by atomic mass is 10.1. The summed E-state index contributed by atoms with van der Waals surface area (Å²) in [6.07, 6.45) is 1.77. The molecular formula is C28H23N3O2S. The molecule has 0 spiro atoms. The van der Waals surface area contributed by atoms with E-state index >= 15 is 0 Å². The van der Waals surface area contributed by atoms with Crippen LogP contribution in [0, 0.1) is 0 Å². The average molecular weight is 466 g/mol. The highest BCUT2D eigenvalue weighted by Crippen LogP contribution is 2.26. The molecule has 1 N–H and O–H groups in total. The lowest BCUT2D eigenvalue weighted by Gasteiger charge is -2.12. The van der Waals surface area contributed by atoms with E-state index in [0.29, 0.717) is 6.61 Å². The first-order chi connectivity index (χ1) is 16.8. The van der Waals surface area contributed by atoms with Crippen molar-refractivity contribution in [3.8, 4) is 22.8 Å². The van der Waals surface area contributed by atoms with Crippen LogP contribution in [0.15, 0.2) is 101 Å². The molecule has 0 aliphatic heterocycles. The molecular weight excluding hydrogens is 442 g/mol. The van der Waals surface area contributed by atoms with Gasteiger partial charge in [-0.3, -0.25) is 5.43 Å². The molecule has 1 aromatic heterocycles. The number of hydrogen-bond acceptors (Lipinski definition) is 6. The smallest absolute Gasteiger partial charge is 0.203 e. The third-order valence-electron chi connectivity index (χ3n) is 5.37. The van der Waals surface area contributed by atoms with Gasteiger partial charge in [-0.2, -0.15) is 5.10 Å². The third-order valence-corrected chi connectivity index (χ3v) is 6.11. The largest absolute Gasteiger partial charge is 0.496 e. The number of methoxy groups -OCH3 is 1. The van der Waals surface area contributed by atoms with E-state index in [9.17, 15) is 0 Å². The van der Waals surface area contributed by atoms with Gasteiger partial charge in [-0.1, -0.05) is 60.7 Å². The molecule has 0 amide bonds. The molecule has 5 nitrogen and oxygen atoms in total. The van der Waals surface area contributed by atoms with Gasteiger partial charge < -0.3 is 9.47 Å². The zero-order valence-corrected chi connectivity index (χ0v) is 19.5. The number of fused-ring (bicyclic) bond motifs is 1. The summed E-state index contributed by atoms with van der Waals surface area (Å²) in [4.78, 5) is 4.59. The highest BCUT2D eigenvalue weighted by molar-refractivity contribution is 7.14. The zero-order chi connectivity index (χ0) is 23.2. The van der Waals surface area contributed by atoms with Gasteiger partial charge >= 0.3 is 0 Å². The molecule has 0 saturated heterocycles. The summed E-state index contributed by atoms with van der Waals surface area (Å²) < 4.78 is 11.6. The Morgan fingerprint density at radius 1 is 0.912 bits per heavy atom. The maximum Gasteiger partial charge on any atom is 0.203 e. The molecule has 0 fully saturated rings. The van der Waals surface area contributed by atoms with E-state index in [-0.39, 0.29) is 0 Å². The van der Waals surface area contributed by atoms with Gasteiger partial charge in [-0.05, 0) is 46.7 Å². The minimum atomic E-state index is 0.392. The molecule has 0 atom stereocenters. The van der Waals surface area contributed by atoms with Crippen molar-refractivity contribution < 1.29 is 9.47 Å². The number of hydrazone groups is 1. The number of thiazole rings is 1. The van der Waals surface area contributed by atoms with Crippen molar-refractivity contribution in [3.63, 3.8) is 0 Å². The first kappa shape index (κ1) is 21.7. The van der Waals surface area contributed by atoms with E-state index in [1.165, 1.54) is 16.7 Å². The van der Waals surface area contributed by atoms with Gasteiger partial charge in [0, 0.05) is 16.5 Å². The van der Waals surface area contributed by atoms with E-state index in [4.69, 9.17) is 9.47 Å². The van der Waals surface area contributed by atoms with Crippen LogP contribution in [0.5, 0.6) is 11.5 Å². The van der Waals surface area contributed by atoms with Crippen molar-refractivity contribution in [2.45, 2.75) is 6.61 Å². The van der Waals surface area contributed by atoms with Gasteiger partial charge in [-0.25, -0.2) is 4.98 Å². The topological polar surface area (TPSA) is 55.7 Å². The molecule has 0 aliphatic carbocycles. The van der Waals surface area contributed by atoms with E-state index < -0.39 is 0 Å². The predicted molar refractivity (Wildman–Crippen MR) is 140 cm³/mol. The second kappa shape index (κ2) is 10.2. The van der Waals surface area contributed by atoms with Crippen molar-refractivity contribution in [2.75, 3.05) is 12.5 Å². The number of rotatable bonds is 8. The SMILES string of the molecule is COc1ccc(C=NNc2nc(-c3ccccc3)cs2)cc1COc1ccc2ccccc2c1. The highest BCUT2D eigenvalue weighted by Gasteiger charge is 2.07. The Hall–Kier alpha value is -4.16. The molecule has 1 heterocycles. The molecule has 6 heteroatoms. The van der Waals surface area contributed by atoms with Crippen LogP contribution in [0.25, 0.3) is 22.0 Å². The predicted octanol–water partition coefficient (Wildman–Crippen LogP) is 7.00.